The van der Waals surface area contributed by atoms with Gasteiger partial charge in [0, 0.05) is 18.8 Å². The van der Waals surface area contributed by atoms with E-state index in [4.69, 9.17) is 5.73 Å². The smallest absolute Gasteiger partial charge is 0.337 e. The lowest BCUT2D eigenvalue weighted by Gasteiger charge is -2.10. The van der Waals surface area contributed by atoms with Crippen molar-refractivity contribution in [3.63, 3.8) is 0 Å². The second-order valence-electron chi connectivity index (χ2n) is 3.10. The van der Waals surface area contributed by atoms with Crippen molar-refractivity contribution < 1.29 is 9.53 Å². The Morgan fingerprint density at radius 2 is 2.27 bits per heavy atom. The molecule has 0 heterocycles. The van der Waals surface area contributed by atoms with Crippen LogP contribution in [0.1, 0.15) is 22.8 Å². The summed E-state index contributed by atoms with van der Waals surface area (Å²) < 4.78 is 4.64. The van der Waals surface area contributed by atoms with Gasteiger partial charge in [0.15, 0.2) is 0 Å². The topological polar surface area (TPSA) is 64.3 Å². The molecule has 0 atom stereocenters. The van der Waals surface area contributed by atoms with Crippen molar-refractivity contribution in [2.75, 3.05) is 19.0 Å². The molecule has 0 spiro atoms. The highest BCUT2D eigenvalue weighted by Gasteiger charge is 2.08. The Bertz CT molecular complexity index is 350. The van der Waals surface area contributed by atoms with Crippen LogP contribution in [0.4, 0.5) is 5.69 Å². The van der Waals surface area contributed by atoms with E-state index in [1.165, 1.54) is 7.11 Å². The molecule has 0 fully saturated rings. The molecule has 82 valence electrons. The molecular formula is C11H16N2O2. The van der Waals surface area contributed by atoms with Crippen LogP contribution in [-0.4, -0.2) is 19.6 Å². The molecule has 0 unspecified atom stereocenters. The number of carbonyl (C=O) groups is 1. The van der Waals surface area contributed by atoms with Crippen molar-refractivity contribution in [3.8, 4) is 0 Å². The second kappa shape index (κ2) is 5.36. The van der Waals surface area contributed by atoms with E-state index in [0.29, 0.717) is 12.1 Å². The molecule has 0 saturated heterocycles. The van der Waals surface area contributed by atoms with E-state index in [2.05, 4.69) is 10.1 Å². The highest BCUT2D eigenvalue weighted by atomic mass is 16.5. The molecule has 0 aromatic heterocycles. The van der Waals surface area contributed by atoms with Crippen LogP contribution in [0.15, 0.2) is 18.2 Å². The van der Waals surface area contributed by atoms with Gasteiger partial charge in [-0.25, -0.2) is 4.79 Å². The van der Waals surface area contributed by atoms with E-state index < -0.39 is 0 Å². The number of anilines is 1. The molecule has 4 nitrogen and oxygen atoms in total. The van der Waals surface area contributed by atoms with Crippen LogP contribution in [0.5, 0.6) is 0 Å². The Morgan fingerprint density at radius 3 is 2.80 bits per heavy atom. The lowest BCUT2D eigenvalue weighted by molar-refractivity contribution is 0.0601. The molecule has 0 aliphatic rings. The summed E-state index contributed by atoms with van der Waals surface area (Å²) in [4.78, 5) is 11.3. The van der Waals surface area contributed by atoms with Crippen LogP contribution in [-0.2, 0) is 11.3 Å². The summed E-state index contributed by atoms with van der Waals surface area (Å²) in [5.74, 6) is -0.335. The Balaban J connectivity index is 3.04. The van der Waals surface area contributed by atoms with E-state index in [-0.39, 0.29) is 5.97 Å². The average molecular weight is 208 g/mol. The first-order valence-corrected chi connectivity index (χ1v) is 4.88. The first kappa shape index (κ1) is 11.5. The molecule has 0 bridgehead atoms. The lowest BCUT2D eigenvalue weighted by Crippen LogP contribution is -2.08. The number of esters is 1. The largest absolute Gasteiger partial charge is 0.465 e. The zero-order valence-electron chi connectivity index (χ0n) is 9.04. The summed E-state index contributed by atoms with van der Waals surface area (Å²) in [6, 6.07) is 5.32. The summed E-state index contributed by atoms with van der Waals surface area (Å²) in [7, 11) is 1.37. The average Bonchev–Trinajstić information content (AvgIpc) is 2.28. The molecule has 0 aliphatic heterocycles. The molecule has 0 radical (unpaired) electrons. The minimum atomic E-state index is -0.335. The van der Waals surface area contributed by atoms with Crippen LogP contribution in [0.3, 0.4) is 0 Å². The molecule has 4 heteroatoms. The fourth-order valence-corrected chi connectivity index (χ4v) is 1.35. The third kappa shape index (κ3) is 2.70. The quantitative estimate of drug-likeness (QED) is 0.733. The van der Waals surface area contributed by atoms with E-state index in [1.807, 2.05) is 13.0 Å². The molecule has 1 aromatic carbocycles. The monoisotopic (exact) mass is 208 g/mol. The first-order valence-electron chi connectivity index (χ1n) is 4.88. The third-order valence-electron chi connectivity index (χ3n) is 2.12. The maximum Gasteiger partial charge on any atom is 0.337 e. The van der Waals surface area contributed by atoms with E-state index in [9.17, 15) is 4.79 Å². The Morgan fingerprint density at radius 1 is 1.53 bits per heavy atom. The number of rotatable bonds is 4. The minimum absolute atomic E-state index is 0.335. The number of hydrogen-bond acceptors (Lipinski definition) is 4. The van der Waals surface area contributed by atoms with Crippen molar-refractivity contribution in [3.05, 3.63) is 29.3 Å². The molecule has 3 N–H and O–H groups in total. The van der Waals surface area contributed by atoms with E-state index in [1.54, 1.807) is 12.1 Å². The zero-order valence-corrected chi connectivity index (χ0v) is 9.04. The van der Waals surface area contributed by atoms with Gasteiger partial charge in [0.05, 0.1) is 12.7 Å². The Labute approximate surface area is 89.4 Å². The predicted molar refractivity (Wildman–Crippen MR) is 59.8 cm³/mol. The maximum atomic E-state index is 11.3. The van der Waals surface area contributed by atoms with Gasteiger partial charge in [-0.2, -0.15) is 0 Å². The number of nitrogens with two attached hydrogens (primary N) is 1. The number of nitrogens with one attached hydrogen (secondary N) is 1. The number of ether oxygens (including phenoxy) is 1. The highest BCUT2D eigenvalue weighted by molar-refractivity contribution is 5.90. The molecule has 0 saturated carbocycles. The highest BCUT2D eigenvalue weighted by Crippen LogP contribution is 2.17. The van der Waals surface area contributed by atoms with Gasteiger partial charge in [-0.3, -0.25) is 0 Å². The van der Waals surface area contributed by atoms with Crippen molar-refractivity contribution >= 4 is 11.7 Å². The third-order valence-corrected chi connectivity index (χ3v) is 2.12. The van der Waals surface area contributed by atoms with Gasteiger partial charge in [-0.1, -0.05) is 6.07 Å². The van der Waals surface area contributed by atoms with Crippen molar-refractivity contribution in [1.29, 1.82) is 0 Å². The van der Waals surface area contributed by atoms with Crippen molar-refractivity contribution in [1.82, 2.24) is 0 Å². The van der Waals surface area contributed by atoms with Crippen molar-refractivity contribution in [2.45, 2.75) is 13.5 Å². The number of methoxy groups -OCH3 is 1. The lowest BCUT2D eigenvalue weighted by atomic mass is 10.1. The van der Waals surface area contributed by atoms with E-state index in [0.717, 1.165) is 17.8 Å². The molecule has 1 rings (SSSR count). The number of carbonyl (C=O) groups excluding carboxylic acids is 1. The fourth-order valence-electron chi connectivity index (χ4n) is 1.35. The van der Waals surface area contributed by atoms with Crippen LogP contribution in [0, 0.1) is 0 Å². The molecule has 15 heavy (non-hydrogen) atoms. The van der Waals surface area contributed by atoms with Gasteiger partial charge < -0.3 is 15.8 Å². The molecule has 0 amide bonds. The number of hydrogen-bond donors (Lipinski definition) is 2. The van der Waals surface area contributed by atoms with Crippen LogP contribution < -0.4 is 11.1 Å². The predicted octanol–water partition coefficient (Wildman–Crippen LogP) is 1.36. The van der Waals surface area contributed by atoms with Gasteiger partial charge >= 0.3 is 5.97 Å². The summed E-state index contributed by atoms with van der Waals surface area (Å²) in [6.45, 7) is 3.23. The van der Waals surface area contributed by atoms with Gasteiger partial charge in [-0.05, 0) is 24.6 Å². The Kier molecular flexibility index (Phi) is 4.12. The van der Waals surface area contributed by atoms with Crippen LogP contribution in [0.2, 0.25) is 0 Å². The van der Waals surface area contributed by atoms with Crippen molar-refractivity contribution in [2.24, 2.45) is 5.73 Å². The normalized spacial score (nSPS) is 9.80. The second-order valence-corrected chi connectivity index (χ2v) is 3.10. The molecular weight excluding hydrogens is 192 g/mol. The van der Waals surface area contributed by atoms with Crippen LogP contribution in [0.25, 0.3) is 0 Å². The summed E-state index contributed by atoms with van der Waals surface area (Å²) in [6.07, 6.45) is 0. The SMILES string of the molecule is CCNc1cc(C(=O)OC)ccc1CN. The van der Waals surface area contributed by atoms with E-state index >= 15 is 0 Å². The minimum Gasteiger partial charge on any atom is -0.465 e. The van der Waals surface area contributed by atoms with Crippen LogP contribution >= 0.6 is 0 Å². The summed E-state index contributed by atoms with van der Waals surface area (Å²) >= 11 is 0. The fraction of sp³-hybridized carbons (Fsp3) is 0.364. The summed E-state index contributed by atoms with van der Waals surface area (Å²) in [5.41, 5.74) is 8.00. The Hall–Kier alpha value is -1.55. The summed E-state index contributed by atoms with van der Waals surface area (Å²) in [5, 5.41) is 3.16. The standard InChI is InChI=1S/C11H16N2O2/c1-3-13-10-6-8(11(14)15-2)4-5-9(10)7-12/h4-6,13H,3,7,12H2,1-2H3. The first-order chi connectivity index (χ1) is 7.22. The van der Waals surface area contributed by atoms with Gasteiger partial charge in [0.25, 0.3) is 0 Å². The maximum absolute atomic E-state index is 11.3. The van der Waals surface area contributed by atoms with Gasteiger partial charge in [-0.15, -0.1) is 0 Å². The van der Waals surface area contributed by atoms with Gasteiger partial charge in [0.2, 0.25) is 0 Å². The number of benzene rings is 1. The zero-order chi connectivity index (χ0) is 11.3. The molecule has 0 aliphatic carbocycles. The van der Waals surface area contributed by atoms with Gasteiger partial charge in [0.1, 0.15) is 0 Å². The molecule has 1 aromatic rings.